The van der Waals surface area contributed by atoms with Crippen LogP contribution in [0.3, 0.4) is 0 Å². The maximum Gasteiger partial charge on any atom is 0.320 e. The summed E-state index contributed by atoms with van der Waals surface area (Å²) in [6.07, 6.45) is 6.53. The Bertz CT molecular complexity index is 1230. The maximum absolute atomic E-state index is 13.6. The van der Waals surface area contributed by atoms with E-state index >= 15 is 0 Å². The van der Waals surface area contributed by atoms with Crippen LogP contribution in [-0.2, 0) is 33.4 Å². The highest BCUT2D eigenvalue weighted by atomic mass is 16.6. The van der Waals surface area contributed by atoms with Gasteiger partial charge >= 0.3 is 5.97 Å². The number of Topliss-reactive ketones (excluding diaryl/α,β-unsaturated/α-hetero) is 1. The molecule has 2 rings (SSSR count). The quantitative estimate of drug-likeness (QED) is 0.193. The molecule has 0 fully saturated rings. The Labute approximate surface area is 253 Å². The van der Waals surface area contributed by atoms with E-state index in [9.17, 15) is 24.3 Å². The number of carbonyl (C=O) groups is 4. The Hall–Kier alpha value is -3.64. The van der Waals surface area contributed by atoms with Gasteiger partial charge in [-0.05, 0) is 38.2 Å². The first kappa shape index (κ1) is 35.6. The first-order valence-corrected chi connectivity index (χ1v) is 14.2. The molecule has 0 saturated carbocycles. The zero-order chi connectivity index (χ0) is 32.3. The molecule has 2 aliphatic rings. The monoisotopic (exact) mass is 599 g/mol. The lowest BCUT2D eigenvalue weighted by atomic mass is 9.85. The fraction of sp³-hybridized carbons (Fsp3) is 0.500. The number of nitrogens with one attached hydrogen (secondary N) is 2. The first-order chi connectivity index (χ1) is 20.4. The summed E-state index contributed by atoms with van der Waals surface area (Å²) in [5.41, 5.74) is 6.63. The third kappa shape index (κ3) is 9.69. The van der Waals surface area contributed by atoms with Crippen molar-refractivity contribution in [1.29, 1.82) is 0 Å². The summed E-state index contributed by atoms with van der Waals surface area (Å²) in [5.74, 6) is -2.76. The van der Waals surface area contributed by atoms with Gasteiger partial charge in [0.1, 0.15) is 6.10 Å². The summed E-state index contributed by atoms with van der Waals surface area (Å²) in [7, 11) is 2.95. The number of carbonyl (C=O) groups excluding carboxylic acids is 4. The Kier molecular flexibility index (Phi) is 13.9. The highest BCUT2D eigenvalue weighted by Crippen LogP contribution is 2.28. The van der Waals surface area contributed by atoms with Crippen molar-refractivity contribution >= 4 is 23.4 Å². The van der Waals surface area contributed by atoms with Gasteiger partial charge in [0.05, 0.1) is 30.1 Å². The van der Waals surface area contributed by atoms with Gasteiger partial charge < -0.3 is 35.7 Å². The number of ether oxygens (including phenoxy) is 3. The molecule has 1 heterocycles. The van der Waals surface area contributed by atoms with Crippen molar-refractivity contribution in [2.45, 2.75) is 65.0 Å². The van der Waals surface area contributed by atoms with Gasteiger partial charge in [-0.25, -0.2) is 0 Å². The van der Waals surface area contributed by atoms with E-state index in [2.05, 4.69) is 17.2 Å². The predicted molar refractivity (Wildman–Crippen MR) is 162 cm³/mol. The molecular formula is C32H45N3O8. The van der Waals surface area contributed by atoms with Crippen molar-refractivity contribution in [2.75, 3.05) is 27.3 Å². The van der Waals surface area contributed by atoms with E-state index in [-0.39, 0.29) is 48.0 Å². The molecule has 1 aliphatic heterocycles. The molecule has 43 heavy (non-hydrogen) atoms. The fourth-order valence-electron chi connectivity index (χ4n) is 5.02. The minimum atomic E-state index is -0.955. The number of amides is 1. The van der Waals surface area contributed by atoms with Crippen molar-refractivity contribution < 1.29 is 38.5 Å². The van der Waals surface area contributed by atoms with Crippen LogP contribution < -0.4 is 16.4 Å². The van der Waals surface area contributed by atoms with Gasteiger partial charge in [0.2, 0.25) is 11.6 Å². The van der Waals surface area contributed by atoms with Gasteiger partial charge in [-0.1, -0.05) is 44.2 Å². The standard InChI is InChI=1S/C32H45N3O8/c1-8-12-34-28-22-13-18(2)14-26(42-7)29(38)20(4)15-21(5)31(43-27(37)17-33)25(41-6)11-9-10-19(3)32(40)35-23(30(22)39)16-24(28)36/h8-11,15-16,18,20,25-26,29,31,34,38H,1,12-14,17,33H2,2-7H3,(H,35,40)/b11-9-,19-10+,21-15+/t18-,20+,25+,26+,29-,31+/m1/s1. The van der Waals surface area contributed by atoms with E-state index in [0.717, 1.165) is 6.08 Å². The smallest absolute Gasteiger partial charge is 0.320 e. The Balaban J connectivity index is 2.63. The molecule has 0 radical (unpaired) electrons. The second kappa shape index (κ2) is 16.9. The Morgan fingerprint density at radius 1 is 1.21 bits per heavy atom. The number of esters is 1. The third-order valence-corrected chi connectivity index (χ3v) is 7.40. The van der Waals surface area contributed by atoms with E-state index in [0.29, 0.717) is 12.0 Å². The second-order valence-electron chi connectivity index (χ2n) is 10.9. The number of methoxy groups -OCH3 is 2. The molecule has 5 N–H and O–H groups in total. The minimum absolute atomic E-state index is 0.128. The highest BCUT2D eigenvalue weighted by Gasteiger charge is 2.33. The van der Waals surface area contributed by atoms with Gasteiger partial charge in [0, 0.05) is 43.9 Å². The average Bonchev–Trinajstić information content (AvgIpc) is 2.97. The lowest BCUT2D eigenvalue weighted by molar-refractivity contribution is -0.150. The van der Waals surface area contributed by atoms with Gasteiger partial charge in [0.15, 0.2) is 6.10 Å². The van der Waals surface area contributed by atoms with Gasteiger partial charge in [-0.15, -0.1) is 6.58 Å². The first-order valence-electron chi connectivity index (χ1n) is 14.2. The van der Waals surface area contributed by atoms with Crippen molar-refractivity contribution in [3.05, 3.63) is 71.1 Å². The predicted octanol–water partition coefficient (Wildman–Crippen LogP) is 1.94. The molecule has 1 amide bonds. The molecule has 11 nitrogen and oxygen atoms in total. The molecule has 11 heteroatoms. The summed E-state index contributed by atoms with van der Waals surface area (Å²) >= 11 is 0. The number of allylic oxidation sites excluding steroid dienone is 4. The molecule has 1 aliphatic carbocycles. The highest BCUT2D eigenvalue weighted by molar-refractivity contribution is 6.23. The van der Waals surface area contributed by atoms with Crippen molar-refractivity contribution in [1.82, 2.24) is 10.6 Å². The normalized spacial score (nSPS) is 31.2. The van der Waals surface area contributed by atoms with Gasteiger partial charge in [-0.2, -0.15) is 0 Å². The number of fused-ring (bicyclic) bond motifs is 2. The molecule has 0 aromatic carbocycles. The van der Waals surface area contributed by atoms with Gasteiger partial charge in [-0.3, -0.25) is 19.2 Å². The molecule has 2 bridgehead atoms. The number of hydrogen-bond acceptors (Lipinski definition) is 10. The van der Waals surface area contributed by atoms with Crippen molar-refractivity contribution in [3.8, 4) is 0 Å². The van der Waals surface area contributed by atoms with Crippen LogP contribution in [0, 0.1) is 11.8 Å². The maximum atomic E-state index is 13.6. The topological polar surface area (TPSA) is 166 Å². The molecule has 6 atom stereocenters. The lowest BCUT2D eigenvalue weighted by Crippen LogP contribution is -2.38. The van der Waals surface area contributed by atoms with E-state index in [4.69, 9.17) is 19.9 Å². The van der Waals surface area contributed by atoms with Crippen molar-refractivity contribution in [3.63, 3.8) is 0 Å². The number of ketones is 2. The fourth-order valence-corrected chi connectivity index (χ4v) is 5.02. The van der Waals surface area contributed by atoms with E-state index in [1.54, 1.807) is 38.2 Å². The molecule has 0 aromatic rings. The summed E-state index contributed by atoms with van der Waals surface area (Å²) in [4.78, 5) is 51.8. The zero-order valence-electron chi connectivity index (χ0n) is 25.8. The Morgan fingerprint density at radius 3 is 2.51 bits per heavy atom. The summed E-state index contributed by atoms with van der Waals surface area (Å²) in [6.45, 7) is 10.6. The Morgan fingerprint density at radius 2 is 1.91 bits per heavy atom. The number of nitrogens with two attached hydrogens (primary N) is 1. The van der Waals surface area contributed by atoms with Crippen LogP contribution in [0.25, 0.3) is 0 Å². The van der Waals surface area contributed by atoms with Crippen LogP contribution in [0.15, 0.2) is 71.1 Å². The van der Waals surface area contributed by atoms with Gasteiger partial charge in [0.25, 0.3) is 5.91 Å². The molecular weight excluding hydrogens is 554 g/mol. The molecule has 0 saturated heterocycles. The molecule has 236 valence electrons. The summed E-state index contributed by atoms with van der Waals surface area (Å²) < 4.78 is 16.9. The lowest BCUT2D eigenvalue weighted by Gasteiger charge is -2.30. The molecule has 0 unspecified atom stereocenters. The van der Waals surface area contributed by atoms with Crippen LogP contribution in [0.2, 0.25) is 0 Å². The van der Waals surface area contributed by atoms with E-state index in [1.807, 2.05) is 13.8 Å². The summed E-state index contributed by atoms with van der Waals surface area (Å²) in [6, 6.07) is 0. The van der Waals surface area contributed by atoms with Crippen molar-refractivity contribution in [2.24, 2.45) is 17.6 Å². The van der Waals surface area contributed by atoms with Crippen LogP contribution in [-0.4, -0.2) is 80.3 Å². The number of hydrogen-bond donors (Lipinski definition) is 4. The van der Waals surface area contributed by atoms with E-state index < -0.39 is 53.8 Å². The van der Waals surface area contributed by atoms with Crippen LogP contribution in [0.5, 0.6) is 0 Å². The minimum Gasteiger partial charge on any atom is -0.454 e. The number of rotatable bonds is 7. The third-order valence-electron chi connectivity index (χ3n) is 7.40. The number of aliphatic hydroxyl groups is 1. The second-order valence-corrected chi connectivity index (χ2v) is 10.9. The SMILES string of the molecule is C=CCNC1=C2C[C@@H](C)C[C@H](OC)[C@H](O)[C@@H](C)/C=C(\C)[C@H](OC(=O)CN)[C@@H](OC)/C=C\C=C(/C)C(=O)NC(=CC1=O)C2=O. The van der Waals surface area contributed by atoms with Crippen LogP contribution >= 0.6 is 0 Å². The molecule has 0 aromatic heterocycles. The molecule has 0 spiro atoms. The van der Waals surface area contributed by atoms with Crippen LogP contribution in [0.1, 0.15) is 40.5 Å². The largest absolute Gasteiger partial charge is 0.454 e. The van der Waals surface area contributed by atoms with Crippen LogP contribution in [0.4, 0.5) is 0 Å². The van der Waals surface area contributed by atoms with E-state index in [1.165, 1.54) is 20.3 Å². The number of aliphatic hydroxyl groups excluding tert-OH is 1. The zero-order valence-corrected chi connectivity index (χ0v) is 25.8. The average molecular weight is 600 g/mol. The summed E-state index contributed by atoms with van der Waals surface area (Å²) in [5, 5.41) is 16.8.